The summed E-state index contributed by atoms with van der Waals surface area (Å²) in [6.07, 6.45) is 9.81. The Hall–Kier alpha value is -2.65. The lowest BCUT2D eigenvalue weighted by molar-refractivity contribution is 0.302. The van der Waals surface area contributed by atoms with E-state index in [1.54, 1.807) is 12.1 Å². The van der Waals surface area contributed by atoms with Crippen molar-refractivity contribution in [2.24, 2.45) is 5.92 Å². The second-order valence-corrected chi connectivity index (χ2v) is 7.90. The molecule has 0 atom stereocenters. The van der Waals surface area contributed by atoms with Gasteiger partial charge >= 0.3 is 0 Å². The fraction of sp³-hybridized carbons (Fsp3) is 0.440. The van der Waals surface area contributed by atoms with Crippen LogP contribution >= 0.6 is 0 Å². The molecule has 1 saturated carbocycles. The first-order chi connectivity index (χ1) is 13.7. The van der Waals surface area contributed by atoms with Gasteiger partial charge in [-0.1, -0.05) is 56.9 Å². The summed E-state index contributed by atoms with van der Waals surface area (Å²) in [5.74, 6) is 0.851. The molecule has 144 valence electrons. The minimum Gasteiger partial charge on any atom is -0.207 e. The van der Waals surface area contributed by atoms with Crippen molar-refractivity contribution in [3.05, 3.63) is 58.9 Å². The topological polar surface area (TPSA) is 47.6 Å². The average Bonchev–Trinajstić information content (AvgIpc) is 2.74. The Morgan fingerprint density at radius 3 is 2.18 bits per heavy atom. The number of halogens is 1. The SMILES string of the molecule is CCCCCC1CCC(c2ccc(-c3ccc(F)cc3)c(C#N)c2C#N)CC1. The van der Waals surface area contributed by atoms with Crippen LogP contribution in [0.1, 0.15) is 80.9 Å². The van der Waals surface area contributed by atoms with Crippen molar-refractivity contribution < 1.29 is 4.39 Å². The molecule has 0 N–H and O–H groups in total. The molecule has 1 aliphatic carbocycles. The lowest BCUT2D eigenvalue weighted by Gasteiger charge is -2.29. The van der Waals surface area contributed by atoms with E-state index in [2.05, 4.69) is 19.1 Å². The molecule has 0 aliphatic heterocycles. The van der Waals surface area contributed by atoms with E-state index in [0.717, 1.165) is 29.9 Å². The van der Waals surface area contributed by atoms with Gasteiger partial charge in [0, 0.05) is 5.56 Å². The zero-order chi connectivity index (χ0) is 19.9. The highest BCUT2D eigenvalue weighted by molar-refractivity contribution is 5.75. The van der Waals surface area contributed by atoms with Crippen LogP contribution in [0.15, 0.2) is 36.4 Å². The lowest BCUT2D eigenvalue weighted by atomic mass is 9.75. The molecule has 1 aliphatic rings. The Morgan fingerprint density at radius 2 is 1.57 bits per heavy atom. The number of hydrogen-bond donors (Lipinski definition) is 0. The Morgan fingerprint density at radius 1 is 0.893 bits per heavy atom. The van der Waals surface area contributed by atoms with Crippen LogP contribution in [0.2, 0.25) is 0 Å². The molecule has 0 heterocycles. The van der Waals surface area contributed by atoms with Crippen LogP contribution in [0, 0.1) is 34.4 Å². The van der Waals surface area contributed by atoms with E-state index in [0.29, 0.717) is 22.6 Å². The van der Waals surface area contributed by atoms with Gasteiger partial charge in [-0.15, -0.1) is 0 Å². The molecule has 0 saturated heterocycles. The summed E-state index contributed by atoms with van der Waals surface area (Å²) in [5, 5.41) is 19.6. The summed E-state index contributed by atoms with van der Waals surface area (Å²) in [7, 11) is 0. The summed E-state index contributed by atoms with van der Waals surface area (Å²) in [5.41, 5.74) is 3.39. The first kappa shape index (κ1) is 20.1. The summed E-state index contributed by atoms with van der Waals surface area (Å²) in [6.45, 7) is 2.24. The third-order valence-electron chi connectivity index (χ3n) is 6.12. The number of benzene rings is 2. The van der Waals surface area contributed by atoms with E-state index in [1.165, 1.54) is 50.7 Å². The molecule has 0 unspecified atom stereocenters. The van der Waals surface area contributed by atoms with Crippen molar-refractivity contribution in [1.29, 1.82) is 10.5 Å². The third-order valence-corrected chi connectivity index (χ3v) is 6.12. The molecule has 3 rings (SSSR count). The maximum Gasteiger partial charge on any atom is 0.123 e. The zero-order valence-electron chi connectivity index (χ0n) is 16.5. The van der Waals surface area contributed by atoms with Crippen LogP contribution in [0.3, 0.4) is 0 Å². The van der Waals surface area contributed by atoms with Gasteiger partial charge in [-0.3, -0.25) is 0 Å². The van der Waals surface area contributed by atoms with Crippen molar-refractivity contribution in [2.45, 2.75) is 64.2 Å². The second-order valence-electron chi connectivity index (χ2n) is 7.90. The third kappa shape index (κ3) is 4.42. The van der Waals surface area contributed by atoms with Gasteiger partial charge in [0.25, 0.3) is 0 Å². The van der Waals surface area contributed by atoms with Gasteiger partial charge in [0.05, 0.1) is 11.1 Å². The number of nitrogens with zero attached hydrogens (tertiary/aromatic N) is 2. The number of unbranched alkanes of at least 4 members (excludes halogenated alkanes) is 2. The van der Waals surface area contributed by atoms with Crippen molar-refractivity contribution in [3.63, 3.8) is 0 Å². The second kappa shape index (κ2) is 9.52. The van der Waals surface area contributed by atoms with Crippen LogP contribution in [0.25, 0.3) is 11.1 Å². The summed E-state index contributed by atoms with van der Waals surface area (Å²) in [4.78, 5) is 0. The van der Waals surface area contributed by atoms with Gasteiger partial charge in [0.15, 0.2) is 0 Å². The summed E-state index contributed by atoms with van der Waals surface area (Å²) >= 11 is 0. The van der Waals surface area contributed by atoms with E-state index >= 15 is 0 Å². The number of nitriles is 2. The number of hydrogen-bond acceptors (Lipinski definition) is 2. The minimum atomic E-state index is -0.310. The molecular weight excluding hydrogens is 347 g/mol. The summed E-state index contributed by atoms with van der Waals surface area (Å²) < 4.78 is 13.2. The van der Waals surface area contributed by atoms with Gasteiger partial charge in [-0.25, -0.2) is 4.39 Å². The minimum absolute atomic E-state index is 0.310. The molecule has 3 heteroatoms. The average molecular weight is 375 g/mol. The quantitative estimate of drug-likeness (QED) is 0.507. The van der Waals surface area contributed by atoms with Gasteiger partial charge < -0.3 is 0 Å². The van der Waals surface area contributed by atoms with E-state index in [-0.39, 0.29) is 5.82 Å². The highest BCUT2D eigenvalue weighted by Gasteiger charge is 2.26. The molecule has 1 fully saturated rings. The Balaban J connectivity index is 1.83. The normalized spacial score (nSPS) is 19.0. The molecular formula is C25H27FN2. The molecule has 0 amide bonds. The molecule has 0 radical (unpaired) electrons. The fourth-order valence-electron chi connectivity index (χ4n) is 4.51. The molecule has 0 bridgehead atoms. The van der Waals surface area contributed by atoms with Gasteiger partial charge in [0.2, 0.25) is 0 Å². The molecule has 0 spiro atoms. The first-order valence-corrected chi connectivity index (χ1v) is 10.4. The van der Waals surface area contributed by atoms with E-state index in [1.807, 2.05) is 12.1 Å². The zero-order valence-corrected chi connectivity index (χ0v) is 16.5. The largest absolute Gasteiger partial charge is 0.207 e. The monoisotopic (exact) mass is 374 g/mol. The standard InChI is InChI=1S/C25H27FN2/c1-2-3-4-5-18-6-8-19(9-7-18)22-14-15-23(25(17-28)24(22)16-27)20-10-12-21(26)13-11-20/h10-15,18-19H,2-9H2,1H3. The van der Waals surface area contributed by atoms with Crippen LogP contribution in [0.5, 0.6) is 0 Å². The van der Waals surface area contributed by atoms with Crippen LogP contribution < -0.4 is 0 Å². The Bertz CT molecular complexity index is 878. The van der Waals surface area contributed by atoms with E-state index in [4.69, 9.17) is 0 Å². The van der Waals surface area contributed by atoms with Crippen molar-refractivity contribution in [2.75, 3.05) is 0 Å². The smallest absolute Gasteiger partial charge is 0.123 e. The summed E-state index contributed by atoms with van der Waals surface area (Å²) in [6, 6.07) is 14.6. The highest BCUT2D eigenvalue weighted by Crippen LogP contribution is 2.40. The Kier molecular flexibility index (Phi) is 6.83. The molecule has 28 heavy (non-hydrogen) atoms. The maximum absolute atomic E-state index is 13.2. The Labute approximate surface area is 167 Å². The van der Waals surface area contributed by atoms with Crippen LogP contribution in [0.4, 0.5) is 4.39 Å². The van der Waals surface area contributed by atoms with Gasteiger partial charge in [-0.05, 0) is 60.8 Å². The van der Waals surface area contributed by atoms with Crippen LogP contribution in [-0.4, -0.2) is 0 Å². The molecule has 2 aromatic carbocycles. The van der Waals surface area contributed by atoms with E-state index in [9.17, 15) is 14.9 Å². The fourth-order valence-corrected chi connectivity index (χ4v) is 4.51. The van der Waals surface area contributed by atoms with Gasteiger partial charge in [0.1, 0.15) is 18.0 Å². The highest BCUT2D eigenvalue weighted by atomic mass is 19.1. The maximum atomic E-state index is 13.2. The predicted molar refractivity (Wildman–Crippen MR) is 110 cm³/mol. The van der Waals surface area contributed by atoms with Crippen molar-refractivity contribution in [1.82, 2.24) is 0 Å². The lowest BCUT2D eigenvalue weighted by Crippen LogP contribution is -2.15. The molecule has 2 aromatic rings. The van der Waals surface area contributed by atoms with E-state index < -0.39 is 0 Å². The predicted octanol–water partition coefficient (Wildman–Crippen LogP) is 7.09. The molecule has 2 nitrogen and oxygen atoms in total. The van der Waals surface area contributed by atoms with Crippen LogP contribution in [-0.2, 0) is 0 Å². The number of rotatable bonds is 6. The first-order valence-electron chi connectivity index (χ1n) is 10.4. The van der Waals surface area contributed by atoms with Gasteiger partial charge in [-0.2, -0.15) is 10.5 Å². The molecule has 0 aromatic heterocycles. The van der Waals surface area contributed by atoms with Crippen molar-refractivity contribution in [3.8, 4) is 23.3 Å². The van der Waals surface area contributed by atoms with Crippen molar-refractivity contribution >= 4 is 0 Å².